The Hall–Kier alpha value is -1.45. The van der Waals surface area contributed by atoms with Crippen LogP contribution in [-0.2, 0) is 4.84 Å². The molecular formula is C8H9N3O. The zero-order valence-corrected chi connectivity index (χ0v) is 6.98. The molecule has 0 spiro atoms. The highest BCUT2D eigenvalue weighted by molar-refractivity contribution is 5.96. The van der Waals surface area contributed by atoms with E-state index in [-0.39, 0.29) is 0 Å². The lowest BCUT2D eigenvalue weighted by Gasteiger charge is -1.98. The molecule has 0 aliphatic heterocycles. The molecule has 0 N–H and O–H groups in total. The van der Waals surface area contributed by atoms with E-state index >= 15 is 0 Å². The third kappa shape index (κ3) is 2.02. The van der Waals surface area contributed by atoms with Crippen molar-refractivity contribution in [1.82, 2.24) is 9.97 Å². The maximum atomic E-state index is 5.42. The van der Waals surface area contributed by atoms with Gasteiger partial charge in [-0.2, -0.15) is 0 Å². The Balaban J connectivity index is 2.95. The molecule has 0 fully saturated rings. The predicted octanol–water partition coefficient (Wildman–Crippen LogP) is 0.906. The molecule has 62 valence electrons. The number of hydrogen-bond donors (Lipinski definition) is 0. The molecule has 0 saturated heterocycles. The van der Waals surface area contributed by atoms with Gasteiger partial charge in [0.1, 0.15) is 18.5 Å². The Labute approximate surface area is 71.3 Å². The molecule has 4 heteroatoms. The molecule has 12 heavy (non-hydrogen) atoms. The van der Waals surface area contributed by atoms with Crippen LogP contribution in [0.5, 0.6) is 0 Å². The van der Waals surface area contributed by atoms with Crippen LogP contribution in [0.4, 0.5) is 0 Å². The summed E-state index contributed by atoms with van der Waals surface area (Å²) >= 11 is 0. The summed E-state index contributed by atoms with van der Waals surface area (Å²) in [6, 6.07) is 0. The third-order valence-electron chi connectivity index (χ3n) is 1.25. The van der Waals surface area contributed by atoms with Crippen molar-refractivity contribution in [3.8, 4) is 0 Å². The van der Waals surface area contributed by atoms with E-state index < -0.39 is 0 Å². The van der Waals surface area contributed by atoms with Crippen molar-refractivity contribution < 1.29 is 4.84 Å². The normalized spacial score (nSPS) is 11.4. The zero-order valence-electron chi connectivity index (χ0n) is 6.98. The summed E-state index contributed by atoms with van der Waals surface area (Å²) in [4.78, 5) is 12.4. The van der Waals surface area contributed by atoms with E-state index in [1.54, 1.807) is 13.1 Å². The van der Waals surface area contributed by atoms with Crippen molar-refractivity contribution in [2.45, 2.75) is 6.92 Å². The first-order chi connectivity index (χ1) is 5.74. The summed E-state index contributed by atoms with van der Waals surface area (Å²) in [6.45, 7) is 7.19. The van der Waals surface area contributed by atoms with Crippen LogP contribution in [0.25, 0.3) is 0 Å². The molecule has 1 aromatic heterocycles. The topological polar surface area (TPSA) is 47.4 Å². The smallest absolute Gasteiger partial charge is 0.106 e. The summed E-state index contributed by atoms with van der Waals surface area (Å²) in [6.07, 6.45) is 3.05. The Kier molecular flexibility index (Phi) is 2.74. The van der Waals surface area contributed by atoms with Gasteiger partial charge in [-0.15, -0.1) is 0 Å². The molecule has 1 heterocycles. The summed E-state index contributed by atoms with van der Waals surface area (Å²) in [5.41, 5.74) is 1.65. The second kappa shape index (κ2) is 3.80. The van der Waals surface area contributed by atoms with Crippen molar-refractivity contribution in [2.75, 3.05) is 7.11 Å². The van der Waals surface area contributed by atoms with Gasteiger partial charge in [0.05, 0.1) is 11.9 Å². The number of oxime groups is 1. The number of rotatable bonds is 2. The lowest BCUT2D eigenvalue weighted by molar-refractivity contribution is 0.213. The maximum Gasteiger partial charge on any atom is 0.106 e. The van der Waals surface area contributed by atoms with Crippen LogP contribution < -0.4 is 0 Å². The SMILES string of the molecule is [CH]c1cncc(/C(C)=N/OC)n1. The number of hydrogen-bond acceptors (Lipinski definition) is 4. The molecule has 1 aromatic rings. The lowest BCUT2D eigenvalue weighted by Crippen LogP contribution is -2.01. The summed E-state index contributed by atoms with van der Waals surface area (Å²) in [5, 5.41) is 3.69. The van der Waals surface area contributed by atoms with Crippen LogP contribution in [0.3, 0.4) is 0 Å². The third-order valence-corrected chi connectivity index (χ3v) is 1.25. The first-order valence-electron chi connectivity index (χ1n) is 3.39. The van der Waals surface area contributed by atoms with E-state index in [9.17, 15) is 0 Å². The first kappa shape index (κ1) is 8.64. The first-order valence-corrected chi connectivity index (χ1v) is 3.39. The molecule has 0 aliphatic rings. The van der Waals surface area contributed by atoms with Crippen LogP contribution in [0.2, 0.25) is 0 Å². The van der Waals surface area contributed by atoms with E-state index in [2.05, 4.69) is 20.0 Å². The Bertz CT molecular complexity index is 296. The Morgan fingerprint density at radius 2 is 2.33 bits per heavy atom. The van der Waals surface area contributed by atoms with Gasteiger partial charge in [0, 0.05) is 13.1 Å². The second-order valence-electron chi connectivity index (χ2n) is 2.19. The minimum atomic E-state index is 0.373. The molecule has 0 amide bonds. The van der Waals surface area contributed by atoms with Crippen LogP contribution in [0.1, 0.15) is 18.3 Å². The average Bonchev–Trinajstić information content (AvgIpc) is 2.05. The molecule has 0 bridgehead atoms. The highest BCUT2D eigenvalue weighted by Crippen LogP contribution is 1.97. The Morgan fingerprint density at radius 3 is 2.92 bits per heavy atom. The van der Waals surface area contributed by atoms with Gasteiger partial charge < -0.3 is 4.84 Å². The van der Waals surface area contributed by atoms with Gasteiger partial charge in [0.25, 0.3) is 0 Å². The van der Waals surface area contributed by atoms with Gasteiger partial charge in [0.2, 0.25) is 0 Å². The minimum absolute atomic E-state index is 0.373. The second-order valence-corrected chi connectivity index (χ2v) is 2.19. The molecular weight excluding hydrogens is 154 g/mol. The summed E-state index contributed by atoms with van der Waals surface area (Å²) in [7, 11) is 1.48. The molecule has 0 aromatic carbocycles. The lowest BCUT2D eigenvalue weighted by atomic mass is 10.3. The largest absolute Gasteiger partial charge is 0.399 e. The van der Waals surface area contributed by atoms with Crippen molar-refractivity contribution >= 4 is 5.71 Å². The maximum absolute atomic E-state index is 5.42. The van der Waals surface area contributed by atoms with E-state index in [1.807, 2.05) is 0 Å². The van der Waals surface area contributed by atoms with E-state index in [4.69, 9.17) is 6.92 Å². The zero-order chi connectivity index (χ0) is 8.97. The standard InChI is InChI=1S/C8H9N3O/c1-6-4-9-5-8(10-6)7(2)11-12-3/h1,4-5H,2-3H3/b11-7+. The molecule has 1 rings (SSSR count). The van der Waals surface area contributed by atoms with Gasteiger partial charge in [0.15, 0.2) is 0 Å². The number of aromatic nitrogens is 2. The molecule has 0 unspecified atom stereocenters. The van der Waals surface area contributed by atoms with Crippen LogP contribution in [0.15, 0.2) is 17.5 Å². The minimum Gasteiger partial charge on any atom is -0.399 e. The number of nitrogens with zero attached hydrogens (tertiary/aromatic N) is 3. The molecule has 4 nitrogen and oxygen atoms in total. The van der Waals surface area contributed by atoms with Crippen LogP contribution in [0, 0.1) is 6.92 Å². The van der Waals surface area contributed by atoms with Crippen LogP contribution in [-0.4, -0.2) is 22.8 Å². The highest BCUT2D eigenvalue weighted by Gasteiger charge is 1.99. The van der Waals surface area contributed by atoms with Crippen molar-refractivity contribution in [2.24, 2.45) is 5.16 Å². The predicted molar refractivity (Wildman–Crippen MR) is 44.7 cm³/mol. The van der Waals surface area contributed by atoms with Gasteiger partial charge in [-0.3, -0.25) is 4.98 Å². The van der Waals surface area contributed by atoms with Gasteiger partial charge >= 0.3 is 0 Å². The molecule has 2 radical (unpaired) electrons. The van der Waals surface area contributed by atoms with Gasteiger partial charge in [-0.25, -0.2) is 4.98 Å². The summed E-state index contributed by atoms with van der Waals surface area (Å²) in [5.74, 6) is 0. The molecule has 0 atom stereocenters. The monoisotopic (exact) mass is 163 g/mol. The van der Waals surface area contributed by atoms with Crippen molar-refractivity contribution in [3.63, 3.8) is 0 Å². The average molecular weight is 163 g/mol. The molecule has 0 aliphatic carbocycles. The fourth-order valence-electron chi connectivity index (χ4n) is 0.739. The quantitative estimate of drug-likeness (QED) is 0.481. The fraction of sp³-hybridized carbons (Fsp3) is 0.250. The fourth-order valence-corrected chi connectivity index (χ4v) is 0.739. The van der Waals surface area contributed by atoms with Crippen molar-refractivity contribution in [3.05, 3.63) is 30.7 Å². The van der Waals surface area contributed by atoms with Crippen LogP contribution >= 0.6 is 0 Å². The molecule has 0 saturated carbocycles. The van der Waals surface area contributed by atoms with Gasteiger partial charge in [-0.05, 0) is 6.92 Å². The summed E-state index contributed by atoms with van der Waals surface area (Å²) < 4.78 is 0. The Morgan fingerprint density at radius 1 is 1.58 bits per heavy atom. The van der Waals surface area contributed by atoms with E-state index in [0.717, 1.165) is 0 Å². The van der Waals surface area contributed by atoms with E-state index in [1.165, 1.54) is 13.3 Å². The van der Waals surface area contributed by atoms with Crippen molar-refractivity contribution in [1.29, 1.82) is 0 Å². The van der Waals surface area contributed by atoms with Gasteiger partial charge in [-0.1, -0.05) is 5.16 Å². The van der Waals surface area contributed by atoms with E-state index in [0.29, 0.717) is 17.1 Å². The highest BCUT2D eigenvalue weighted by atomic mass is 16.6.